The number of carbonyl (C=O) groups excluding carboxylic acids is 1. The van der Waals surface area contributed by atoms with E-state index in [2.05, 4.69) is 6.92 Å². The first-order valence-corrected chi connectivity index (χ1v) is 9.91. The lowest BCUT2D eigenvalue weighted by molar-refractivity contribution is 0.0756. The first-order chi connectivity index (χ1) is 11.4. The van der Waals surface area contributed by atoms with Gasteiger partial charge >= 0.3 is 0 Å². The molecular weight excluding hydrogens is 328 g/mol. The minimum absolute atomic E-state index is 0.0784. The zero-order chi connectivity index (χ0) is 17.7. The topological polar surface area (TPSA) is 89.7 Å². The molecular formula is C17H26N2O4S. The van der Waals surface area contributed by atoms with Crippen LogP contribution in [0.2, 0.25) is 0 Å². The van der Waals surface area contributed by atoms with Crippen molar-refractivity contribution >= 4 is 15.9 Å². The van der Waals surface area contributed by atoms with Crippen LogP contribution in [0, 0.1) is 5.92 Å². The molecule has 24 heavy (non-hydrogen) atoms. The highest BCUT2D eigenvalue weighted by Crippen LogP contribution is 2.27. The van der Waals surface area contributed by atoms with Gasteiger partial charge in [-0.2, -0.15) is 0 Å². The molecule has 1 saturated heterocycles. The predicted molar refractivity (Wildman–Crippen MR) is 92.5 cm³/mol. The Morgan fingerprint density at radius 2 is 2.08 bits per heavy atom. The number of rotatable bonds is 5. The quantitative estimate of drug-likeness (QED) is 0.879. The summed E-state index contributed by atoms with van der Waals surface area (Å²) >= 11 is 0. The van der Waals surface area contributed by atoms with Crippen LogP contribution in [-0.4, -0.2) is 39.4 Å². The van der Waals surface area contributed by atoms with Crippen molar-refractivity contribution in [2.24, 2.45) is 11.1 Å². The number of primary sulfonamides is 1. The Kier molecular flexibility index (Phi) is 6.23. The van der Waals surface area contributed by atoms with Gasteiger partial charge in [0, 0.05) is 13.1 Å². The van der Waals surface area contributed by atoms with E-state index in [1.165, 1.54) is 31.7 Å². The van der Waals surface area contributed by atoms with E-state index in [0.717, 1.165) is 25.7 Å². The number of hydrogen-bond acceptors (Lipinski definition) is 4. The van der Waals surface area contributed by atoms with Crippen LogP contribution in [-0.2, 0) is 10.0 Å². The molecule has 1 aliphatic rings. The lowest BCUT2D eigenvalue weighted by Gasteiger charge is -2.22. The van der Waals surface area contributed by atoms with Gasteiger partial charge in [-0.1, -0.05) is 19.8 Å². The number of sulfonamides is 1. The molecule has 1 heterocycles. The van der Waals surface area contributed by atoms with E-state index < -0.39 is 10.0 Å². The van der Waals surface area contributed by atoms with Crippen LogP contribution in [0.15, 0.2) is 23.1 Å². The van der Waals surface area contributed by atoms with Crippen molar-refractivity contribution in [2.45, 2.75) is 43.9 Å². The molecule has 0 bridgehead atoms. The van der Waals surface area contributed by atoms with Crippen LogP contribution in [0.25, 0.3) is 0 Å². The summed E-state index contributed by atoms with van der Waals surface area (Å²) in [6, 6.07) is 4.14. The average Bonchev–Trinajstić information content (AvgIpc) is 2.79. The summed E-state index contributed by atoms with van der Waals surface area (Å²) in [6.07, 6.45) is 5.42. The Hall–Kier alpha value is -1.60. The fourth-order valence-corrected chi connectivity index (χ4v) is 3.81. The summed E-state index contributed by atoms with van der Waals surface area (Å²) in [6.45, 7) is 3.55. The summed E-state index contributed by atoms with van der Waals surface area (Å²) in [4.78, 5) is 14.6. The summed E-state index contributed by atoms with van der Waals surface area (Å²) in [5, 5.41) is 5.18. The van der Waals surface area contributed by atoms with Gasteiger partial charge in [-0.3, -0.25) is 4.79 Å². The number of amides is 1. The zero-order valence-electron chi connectivity index (χ0n) is 14.3. The normalized spacial score (nSPS) is 19.0. The van der Waals surface area contributed by atoms with Gasteiger partial charge in [0.1, 0.15) is 5.75 Å². The summed E-state index contributed by atoms with van der Waals surface area (Å²) in [5.41, 5.74) is 0.248. The molecule has 7 heteroatoms. The molecule has 1 fully saturated rings. The third-order valence-corrected chi connectivity index (χ3v) is 5.47. The Morgan fingerprint density at radius 1 is 1.33 bits per heavy atom. The van der Waals surface area contributed by atoms with Crippen molar-refractivity contribution in [1.29, 1.82) is 0 Å². The number of hydrogen-bond donors (Lipinski definition) is 1. The smallest absolute Gasteiger partial charge is 0.257 e. The third kappa shape index (κ3) is 4.48. The molecule has 0 radical (unpaired) electrons. The summed E-state index contributed by atoms with van der Waals surface area (Å²) < 4.78 is 28.4. The Morgan fingerprint density at radius 3 is 2.71 bits per heavy atom. The molecule has 6 nitrogen and oxygen atoms in total. The molecule has 0 saturated carbocycles. The van der Waals surface area contributed by atoms with Crippen LogP contribution in [0.4, 0.5) is 0 Å². The van der Waals surface area contributed by atoms with Crippen molar-refractivity contribution in [3.8, 4) is 5.75 Å². The predicted octanol–water partition coefficient (Wildman–Crippen LogP) is 2.39. The number of nitrogens with two attached hydrogens (primary N) is 1. The number of nitrogens with zero attached hydrogens (tertiary/aromatic N) is 1. The molecule has 0 aliphatic carbocycles. The van der Waals surface area contributed by atoms with Crippen molar-refractivity contribution in [3.63, 3.8) is 0 Å². The van der Waals surface area contributed by atoms with E-state index in [0.29, 0.717) is 24.8 Å². The first kappa shape index (κ1) is 18.7. The second-order valence-electron chi connectivity index (χ2n) is 6.28. The minimum atomic E-state index is -3.86. The number of likely N-dealkylation sites (tertiary alicyclic amines) is 1. The fourth-order valence-electron chi connectivity index (χ4n) is 3.27. The Balaban J connectivity index is 2.25. The SMILES string of the molecule is CCCC1CCCN(C(=O)c2cc(S(N)(=O)=O)ccc2OC)CC1. The van der Waals surface area contributed by atoms with Gasteiger partial charge in [-0.05, 0) is 43.4 Å². The Labute approximate surface area is 144 Å². The molecule has 0 aromatic heterocycles. The number of benzene rings is 1. The summed E-state index contributed by atoms with van der Waals surface area (Å²) in [7, 11) is -2.40. The standard InChI is InChI=1S/C17H26N2O4S/c1-3-5-13-6-4-10-19(11-9-13)17(20)15-12-14(24(18,21)22)7-8-16(15)23-2/h7-8,12-13H,3-6,9-11H2,1-2H3,(H2,18,21,22). The second kappa shape index (κ2) is 7.98. The van der Waals surface area contributed by atoms with E-state index in [9.17, 15) is 13.2 Å². The van der Waals surface area contributed by atoms with Gasteiger partial charge in [0.2, 0.25) is 10.0 Å². The van der Waals surface area contributed by atoms with Crippen LogP contribution in [0.3, 0.4) is 0 Å². The molecule has 1 aromatic rings. The van der Waals surface area contributed by atoms with Gasteiger partial charge in [0.25, 0.3) is 5.91 Å². The maximum atomic E-state index is 12.9. The molecule has 2 rings (SSSR count). The maximum absolute atomic E-state index is 12.9. The highest BCUT2D eigenvalue weighted by atomic mass is 32.2. The van der Waals surface area contributed by atoms with Gasteiger partial charge in [0.05, 0.1) is 17.6 Å². The van der Waals surface area contributed by atoms with Crippen molar-refractivity contribution in [3.05, 3.63) is 23.8 Å². The first-order valence-electron chi connectivity index (χ1n) is 8.37. The van der Waals surface area contributed by atoms with Crippen LogP contribution in [0.5, 0.6) is 5.75 Å². The van der Waals surface area contributed by atoms with E-state index in [1.807, 2.05) is 0 Å². The monoisotopic (exact) mass is 354 g/mol. The van der Waals surface area contributed by atoms with Crippen LogP contribution in [0.1, 0.15) is 49.4 Å². The van der Waals surface area contributed by atoms with E-state index in [-0.39, 0.29) is 16.4 Å². The molecule has 1 atom stereocenters. The molecule has 1 amide bonds. The molecule has 1 aromatic carbocycles. The highest BCUT2D eigenvalue weighted by Gasteiger charge is 2.24. The molecule has 134 valence electrons. The summed E-state index contributed by atoms with van der Waals surface area (Å²) in [5.74, 6) is 0.821. The van der Waals surface area contributed by atoms with Crippen LogP contribution >= 0.6 is 0 Å². The lowest BCUT2D eigenvalue weighted by atomic mass is 9.96. The van der Waals surface area contributed by atoms with Crippen molar-refractivity contribution in [1.82, 2.24) is 4.90 Å². The number of ether oxygens (including phenoxy) is 1. The minimum Gasteiger partial charge on any atom is -0.496 e. The van der Waals surface area contributed by atoms with Crippen molar-refractivity contribution < 1.29 is 17.9 Å². The van der Waals surface area contributed by atoms with Gasteiger partial charge in [-0.15, -0.1) is 0 Å². The van der Waals surface area contributed by atoms with E-state index in [1.54, 1.807) is 4.90 Å². The van der Waals surface area contributed by atoms with Crippen LogP contribution < -0.4 is 9.88 Å². The fraction of sp³-hybridized carbons (Fsp3) is 0.588. The van der Waals surface area contributed by atoms with Crippen molar-refractivity contribution in [2.75, 3.05) is 20.2 Å². The third-order valence-electron chi connectivity index (χ3n) is 4.56. The second-order valence-corrected chi connectivity index (χ2v) is 7.85. The lowest BCUT2D eigenvalue weighted by Crippen LogP contribution is -2.32. The Bertz CT molecular complexity index is 688. The van der Waals surface area contributed by atoms with Gasteiger partial charge in [0.15, 0.2) is 0 Å². The number of methoxy groups -OCH3 is 1. The van der Waals surface area contributed by atoms with E-state index >= 15 is 0 Å². The average molecular weight is 354 g/mol. The zero-order valence-corrected chi connectivity index (χ0v) is 15.1. The molecule has 2 N–H and O–H groups in total. The number of carbonyl (C=O) groups is 1. The van der Waals surface area contributed by atoms with Gasteiger partial charge in [-0.25, -0.2) is 13.6 Å². The van der Waals surface area contributed by atoms with E-state index in [4.69, 9.17) is 9.88 Å². The largest absolute Gasteiger partial charge is 0.496 e. The van der Waals surface area contributed by atoms with Gasteiger partial charge < -0.3 is 9.64 Å². The maximum Gasteiger partial charge on any atom is 0.257 e. The molecule has 1 aliphatic heterocycles. The molecule has 0 spiro atoms. The highest BCUT2D eigenvalue weighted by molar-refractivity contribution is 7.89. The molecule has 1 unspecified atom stereocenters.